The van der Waals surface area contributed by atoms with Crippen LogP contribution in [0.1, 0.15) is 60.5 Å². The molecule has 0 amide bonds. The molecule has 1 aliphatic rings. The molecule has 0 saturated carbocycles. The van der Waals surface area contributed by atoms with Gasteiger partial charge in [0.1, 0.15) is 5.75 Å². The van der Waals surface area contributed by atoms with Gasteiger partial charge in [-0.15, -0.1) is 0 Å². The Morgan fingerprint density at radius 3 is 2.15 bits per heavy atom. The molecule has 1 atom stereocenters. The van der Waals surface area contributed by atoms with Crippen LogP contribution in [-0.4, -0.2) is 35.1 Å². The maximum absolute atomic E-state index is 12.7. The third kappa shape index (κ3) is 5.87. The first-order valence-electron chi connectivity index (χ1n) is 12.1. The summed E-state index contributed by atoms with van der Waals surface area (Å²) in [6.07, 6.45) is 4.38. The molecule has 0 aliphatic carbocycles. The van der Waals surface area contributed by atoms with Crippen molar-refractivity contribution in [2.45, 2.75) is 50.9 Å². The first-order valence-corrected chi connectivity index (χ1v) is 12.5. The fourth-order valence-electron chi connectivity index (χ4n) is 4.52. The molecule has 3 aromatic rings. The maximum Gasteiger partial charge on any atom is 0.193 e. The Balaban J connectivity index is 1.41. The Morgan fingerprint density at radius 1 is 0.971 bits per heavy atom. The van der Waals surface area contributed by atoms with E-state index in [0.29, 0.717) is 29.0 Å². The largest absolute Gasteiger partial charge is 0.475 e. The highest BCUT2D eigenvalue weighted by Gasteiger charge is 2.36. The molecule has 1 heterocycles. The van der Waals surface area contributed by atoms with Crippen LogP contribution in [0.5, 0.6) is 5.75 Å². The summed E-state index contributed by atoms with van der Waals surface area (Å²) in [5.74, 6) is 0.708. The second kappa shape index (κ2) is 11.2. The van der Waals surface area contributed by atoms with Gasteiger partial charge in [0, 0.05) is 29.2 Å². The zero-order chi connectivity index (χ0) is 24.0. The molecule has 178 valence electrons. The number of aliphatic hydroxyl groups is 1. The number of likely N-dealkylation sites (tertiary alicyclic amines) is 1. The van der Waals surface area contributed by atoms with Crippen LogP contribution < -0.4 is 4.74 Å². The van der Waals surface area contributed by atoms with Gasteiger partial charge in [-0.1, -0.05) is 55.3 Å². The number of hydrogen-bond acceptors (Lipinski definition) is 4. The van der Waals surface area contributed by atoms with Crippen molar-refractivity contribution in [3.8, 4) is 5.75 Å². The van der Waals surface area contributed by atoms with Crippen molar-refractivity contribution < 1.29 is 14.6 Å². The highest BCUT2D eigenvalue weighted by atomic mass is 35.5. The quantitative estimate of drug-likeness (QED) is 0.360. The minimum absolute atomic E-state index is 0.0398. The summed E-state index contributed by atoms with van der Waals surface area (Å²) in [6, 6.07) is 24.2. The number of piperidine rings is 1. The van der Waals surface area contributed by atoms with Gasteiger partial charge in [-0.2, -0.15) is 0 Å². The number of unbranched alkanes of at least 4 members (excludes halogenated alkanes) is 1. The average Bonchev–Trinajstić information content (AvgIpc) is 2.88. The second-order valence-electron chi connectivity index (χ2n) is 9.01. The van der Waals surface area contributed by atoms with E-state index in [0.717, 1.165) is 43.7 Å². The van der Waals surface area contributed by atoms with Crippen LogP contribution >= 0.6 is 11.6 Å². The van der Waals surface area contributed by atoms with E-state index in [2.05, 4.69) is 11.8 Å². The van der Waals surface area contributed by atoms with Crippen molar-refractivity contribution in [3.05, 3.63) is 101 Å². The minimum Gasteiger partial charge on any atom is -0.475 e. The summed E-state index contributed by atoms with van der Waals surface area (Å²) in [5.41, 5.74) is 1.43. The van der Waals surface area contributed by atoms with E-state index in [9.17, 15) is 9.90 Å². The van der Waals surface area contributed by atoms with E-state index >= 15 is 0 Å². The van der Waals surface area contributed by atoms with Crippen molar-refractivity contribution in [1.29, 1.82) is 0 Å². The van der Waals surface area contributed by atoms with Crippen LogP contribution in [0, 0.1) is 0 Å². The molecule has 1 fully saturated rings. The Kier molecular flexibility index (Phi) is 8.04. The molecular weight excluding hydrogens is 446 g/mol. The van der Waals surface area contributed by atoms with E-state index in [-0.39, 0.29) is 12.0 Å². The number of nitrogens with zero attached hydrogens (tertiary/aromatic N) is 1. The van der Waals surface area contributed by atoms with Gasteiger partial charge in [-0.05, 0) is 79.8 Å². The number of rotatable bonds is 9. The molecular formula is C29H32ClNO3. The lowest BCUT2D eigenvalue weighted by molar-refractivity contribution is -0.0712. The zero-order valence-corrected chi connectivity index (χ0v) is 20.4. The van der Waals surface area contributed by atoms with Crippen LogP contribution in [0.3, 0.4) is 0 Å². The number of halogens is 1. The molecule has 4 rings (SSSR count). The minimum atomic E-state index is -0.781. The van der Waals surface area contributed by atoms with Crippen molar-refractivity contribution >= 4 is 17.4 Å². The third-order valence-electron chi connectivity index (χ3n) is 6.64. The van der Waals surface area contributed by atoms with E-state index in [1.807, 2.05) is 54.6 Å². The Labute approximate surface area is 207 Å². The molecule has 34 heavy (non-hydrogen) atoms. The van der Waals surface area contributed by atoms with E-state index in [1.54, 1.807) is 24.3 Å². The molecule has 0 radical (unpaired) electrons. The van der Waals surface area contributed by atoms with Gasteiger partial charge < -0.3 is 9.84 Å². The number of benzene rings is 3. The van der Waals surface area contributed by atoms with Gasteiger partial charge in [0.05, 0.1) is 5.60 Å². The first-order chi connectivity index (χ1) is 16.5. The number of carbonyl (C=O) groups excluding carboxylic acids is 1. The topological polar surface area (TPSA) is 49.8 Å². The Bertz CT molecular complexity index is 1060. The summed E-state index contributed by atoms with van der Waals surface area (Å²) in [4.78, 5) is 15.1. The monoisotopic (exact) mass is 477 g/mol. The van der Waals surface area contributed by atoms with Crippen LogP contribution in [0.15, 0.2) is 78.9 Å². The molecule has 0 aromatic heterocycles. The highest BCUT2D eigenvalue weighted by Crippen LogP contribution is 2.34. The van der Waals surface area contributed by atoms with Crippen molar-refractivity contribution in [1.82, 2.24) is 4.90 Å². The van der Waals surface area contributed by atoms with Crippen LogP contribution in [0.2, 0.25) is 5.02 Å². The lowest BCUT2D eigenvalue weighted by atomic mass is 9.84. The summed E-state index contributed by atoms with van der Waals surface area (Å²) in [7, 11) is 0. The number of ketones is 1. The molecule has 1 unspecified atom stereocenters. The third-order valence-corrected chi connectivity index (χ3v) is 6.90. The Morgan fingerprint density at radius 2 is 1.56 bits per heavy atom. The smallest absolute Gasteiger partial charge is 0.193 e. The molecule has 1 aliphatic heterocycles. The molecule has 3 aromatic carbocycles. The lowest BCUT2D eigenvalue weighted by Crippen LogP contribution is -2.49. The molecule has 0 bridgehead atoms. The summed E-state index contributed by atoms with van der Waals surface area (Å²) >= 11 is 5.93. The van der Waals surface area contributed by atoms with Gasteiger partial charge in [0.15, 0.2) is 12.0 Å². The van der Waals surface area contributed by atoms with Gasteiger partial charge in [-0.3, -0.25) is 9.69 Å². The second-order valence-corrected chi connectivity index (χ2v) is 9.45. The molecule has 5 heteroatoms. The van der Waals surface area contributed by atoms with Crippen LogP contribution in [0.4, 0.5) is 0 Å². The first kappa shape index (κ1) is 24.5. The predicted molar refractivity (Wildman–Crippen MR) is 136 cm³/mol. The SMILES string of the molecule is CCCCC(Oc1ccc(C(=O)c2ccc(Cl)cc2)cc1)N1CCC(O)(c2ccccc2)CC1. The van der Waals surface area contributed by atoms with Crippen LogP contribution in [-0.2, 0) is 5.60 Å². The molecule has 4 nitrogen and oxygen atoms in total. The van der Waals surface area contributed by atoms with Crippen LogP contribution in [0.25, 0.3) is 0 Å². The number of carbonyl (C=O) groups is 1. The fraction of sp³-hybridized carbons (Fsp3) is 0.345. The average molecular weight is 478 g/mol. The van der Waals surface area contributed by atoms with Crippen molar-refractivity contribution in [3.63, 3.8) is 0 Å². The Hall–Kier alpha value is -2.66. The van der Waals surface area contributed by atoms with Crippen molar-refractivity contribution in [2.75, 3.05) is 13.1 Å². The zero-order valence-electron chi connectivity index (χ0n) is 19.6. The number of ether oxygens (including phenoxy) is 1. The fourth-order valence-corrected chi connectivity index (χ4v) is 4.65. The summed E-state index contributed by atoms with van der Waals surface area (Å²) in [6.45, 7) is 3.72. The maximum atomic E-state index is 12.7. The molecule has 1 N–H and O–H groups in total. The van der Waals surface area contributed by atoms with E-state index in [4.69, 9.17) is 16.3 Å². The standard InChI is InChI=1S/C29H32ClNO3/c1-2-3-9-27(31-20-18-29(33,19-21-31)24-7-5-4-6-8-24)34-26-16-12-23(13-17-26)28(32)22-10-14-25(30)15-11-22/h4-8,10-17,27,33H,2-3,9,18-21H2,1H3. The van der Waals surface area contributed by atoms with E-state index in [1.165, 1.54) is 0 Å². The van der Waals surface area contributed by atoms with Gasteiger partial charge in [0.25, 0.3) is 0 Å². The van der Waals surface area contributed by atoms with E-state index < -0.39 is 5.60 Å². The number of hydrogen-bond donors (Lipinski definition) is 1. The normalized spacial score (nSPS) is 16.7. The van der Waals surface area contributed by atoms with Gasteiger partial charge >= 0.3 is 0 Å². The lowest BCUT2D eigenvalue weighted by Gasteiger charge is -2.41. The summed E-state index contributed by atoms with van der Waals surface area (Å²) < 4.78 is 6.40. The van der Waals surface area contributed by atoms with Gasteiger partial charge in [-0.25, -0.2) is 0 Å². The highest BCUT2D eigenvalue weighted by molar-refractivity contribution is 6.30. The predicted octanol–water partition coefficient (Wildman–Crippen LogP) is 6.45. The molecule has 0 spiro atoms. The molecule has 1 saturated heterocycles. The summed E-state index contributed by atoms with van der Waals surface area (Å²) in [5, 5.41) is 11.8. The van der Waals surface area contributed by atoms with Gasteiger partial charge in [0.2, 0.25) is 0 Å². The van der Waals surface area contributed by atoms with Crippen molar-refractivity contribution in [2.24, 2.45) is 0 Å².